The summed E-state index contributed by atoms with van der Waals surface area (Å²) in [6.45, 7) is 5.30. The molecule has 2 aromatic heterocycles. The minimum absolute atomic E-state index is 0.0635. The van der Waals surface area contributed by atoms with Crippen LogP contribution in [0.2, 0.25) is 0 Å². The highest BCUT2D eigenvalue weighted by Gasteiger charge is 2.27. The zero-order chi connectivity index (χ0) is 18.5. The van der Waals surface area contributed by atoms with E-state index in [-0.39, 0.29) is 12.0 Å². The number of piperidine rings is 1. The predicted molar refractivity (Wildman–Crippen MR) is 98.5 cm³/mol. The van der Waals surface area contributed by atoms with E-state index in [0.29, 0.717) is 22.9 Å². The van der Waals surface area contributed by atoms with Crippen molar-refractivity contribution in [1.82, 2.24) is 19.9 Å². The molecule has 0 aromatic carbocycles. The molecule has 1 fully saturated rings. The van der Waals surface area contributed by atoms with Crippen molar-refractivity contribution in [2.75, 3.05) is 19.0 Å². The van der Waals surface area contributed by atoms with Crippen LogP contribution in [0.5, 0.6) is 11.8 Å². The maximum atomic E-state index is 11.1. The molecular formula is C17H23N5O3S. The molecular weight excluding hydrogens is 354 g/mol. The number of aromatic nitrogens is 3. The first-order chi connectivity index (χ1) is 12.5. The number of methoxy groups -OCH3 is 1. The largest absolute Gasteiger partial charge is 0.481 e. The average Bonchev–Trinajstić information content (AvgIpc) is 3.04. The molecule has 3 rings (SSSR count). The fourth-order valence-electron chi connectivity index (χ4n) is 2.92. The van der Waals surface area contributed by atoms with Gasteiger partial charge in [-0.3, -0.25) is 9.69 Å². The number of nitrogens with one attached hydrogen (secondary N) is 1. The molecule has 1 saturated heterocycles. The van der Waals surface area contributed by atoms with E-state index in [1.807, 2.05) is 6.20 Å². The molecule has 0 unspecified atom stereocenters. The van der Waals surface area contributed by atoms with Crippen LogP contribution in [0.4, 0.5) is 5.13 Å². The van der Waals surface area contributed by atoms with Gasteiger partial charge in [-0.15, -0.1) is 11.3 Å². The summed E-state index contributed by atoms with van der Waals surface area (Å²) < 4.78 is 11.1. The number of nitrogens with zero attached hydrogens (tertiary/aromatic N) is 4. The van der Waals surface area contributed by atoms with Crippen molar-refractivity contribution in [3.63, 3.8) is 0 Å². The van der Waals surface area contributed by atoms with Gasteiger partial charge in [-0.05, 0) is 19.8 Å². The average molecular weight is 377 g/mol. The van der Waals surface area contributed by atoms with Gasteiger partial charge in [0.2, 0.25) is 17.7 Å². The van der Waals surface area contributed by atoms with Gasteiger partial charge in [-0.25, -0.2) is 15.0 Å². The minimum atomic E-state index is -0.106. The Labute approximate surface area is 156 Å². The lowest BCUT2D eigenvalue weighted by atomic mass is 10.0. The Hall–Kier alpha value is -2.26. The molecule has 2 aromatic rings. The lowest BCUT2D eigenvalue weighted by molar-refractivity contribution is -0.114. The number of ether oxygens (including phenoxy) is 2. The van der Waals surface area contributed by atoms with Crippen LogP contribution in [-0.4, -0.2) is 51.6 Å². The van der Waals surface area contributed by atoms with Gasteiger partial charge in [0.15, 0.2) is 5.13 Å². The molecule has 1 aliphatic heterocycles. The van der Waals surface area contributed by atoms with E-state index < -0.39 is 0 Å². The van der Waals surface area contributed by atoms with Crippen molar-refractivity contribution in [3.8, 4) is 11.8 Å². The highest BCUT2D eigenvalue weighted by atomic mass is 32.1. The highest BCUT2D eigenvalue weighted by molar-refractivity contribution is 7.15. The van der Waals surface area contributed by atoms with Gasteiger partial charge in [-0.1, -0.05) is 0 Å². The van der Waals surface area contributed by atoms with Crippen LogP contribution in [-0.2, 0) is 11.3 Å². The van der Waals surface area contributed by atoms with Gasteiger partial charge < -0.3 is 14.8 Å². The molecule has 0 aliphatic carbocycles. The first-order valence-corrected chi connectivity index (χ1v) is 9.34. The van der Waals surface area contributed by atoms with Crippen LogP contribution >= 0.6 is 11.3 Å². The summed E-state index contributed by atoms with van der Waals surface area (Å²) >= 11 is 1.50. The van der Waals surface area contributed by atoms with E-state index in [4.69, 9.17) is 9.47 Å². The molecule has 0 spiro atoms. The SMILES string of the molecule is COc1cc(O[C@H]2CC[C@H](C)N(Cc3cnc(NC(C)=O)s3)C2)ncn1. The van der Waals surface area contributed by atoms with Gasteiger partial charge in [0.1, 0.15) is 12.4 Å². The maximum Gasteiger partial charge on any atom is 0.223 e. The number of carbonyl (C=O) groups is 1. The summed E-state index contributed by atoms with van der Waals surface area (Å²) in [7, 11) is 1.57. The second-order valence-corrected chi connectivity index (χ2v) is 7.42. The van der Waals surface area contributed by atoms with Crippen molar-refractivity contribution in [2.45, 2.75) is 45.4 Å². The third kappa shape index (κ3) is 4.89. The van der Waals surface area contributed by atoms with Gasteiger partial charge in [0.25, 0.3) is 0 Å². The van der Waals surface area contributed by atoms with Crippen molar-refractivity contribution >= 4 is 22.4 Å². The van der Waals surface area contributed by atoms with Crippen molar-refractivity contribution in [3.05, 3.63) is 23.5 Å². The molecule has 9 heteroatoms. The number of thiazole rings is 1. The quantitative estimate of drug-likeness (QED) is 0.826. The van der Waals surface area contributed by atoms with Crippen LogP contribution in [0.15, 0.2) is 18.6 Å². The molecule has 1 N–H and O–H groups in total. The molecule has 0 saturated carbocycles. The standard InChI is InChI=1S/C17H23N5O3S/c1-11-4-5-13(25-16-6-15(24-3)19-10-20-16)8-22(11)9-14-7-18-17(26-14)21-12(2)23/h6-7,10-11,13H,4-5,8-9H2,1-3H3,(H,18,21,23)/t11-,13-/m0/s1. The summed E-state index contributed by atoms with van der Waals surface area (Å²) in [4.78, 5) is 27.0. The molecule has 3 heterocycles. The lowest BCUT2D eigenvalue weighted by Gasteiger charge is -2.37. The fourth-order valence-corrected chi connectivity index (χ4v) is 3.80. The number of anilines is 1. The van der Waals surface area contributed by atoms with E-state index in [0.717, 1.165) is 30.8 Å². The van der Waals surface area contributed by atoms with E-state index in [2.05, 4.69) is 32.1 Å². The lowest BCUT2D eigenvalue weighted by Crippen LogP contribution is -2.45. The van der Waals surface area contributed by atoms with Crippen molar-refractivity contribution < 1.29 is 14.3 Å². The second-order valence-electron chi connectivity index (χ2n) is 6.31. The van der Waals surface area contributed by atoms with Crippen LogP contribution in [0.1, 0.15) is 31.6 Å². The number of hydrogen-bond acceptors (Lipinski definition) is 8. The molecule has 140 valence electrons. The monoisotopic (exact) mass is 377 g/mol. The maximum absolute atomic E-state index is 11.1. The zero-order valence-corrected chi connectivity index (χ0v) is 16.0. The van der Waals surface area contributed by atoms with Crippen LogP contribution in [0.25, 0.3) is 0 Å². The topological polar surface area (TPSA) is 89.5 Å². The van der Waals surface area contributed by atoms with Gasteiger partial charge >= 0.3 is 0 Å². The molecule has 8 nitrogen and oxygen atoms in total. The summed E-state index contributed by atoms with van der Waals surface area (Å²) in [6, 6.07) is 2.16. The Balaban J connectivity index is 1.60. The van der Waals surface area contributed by atoms with E-state index >= 15 is 0 Å². The molecule has 0 radical (unpaired) electrons. The van der Waals surface area contributed by atoms with Gasteiger partial charge in [0.05, 0.1) is 13.2 Å². The third-order valence-corrected chi connectivity index (χ3v) is 5.17. The van der Waals surface area contributed by atoms with E-state index in [1.54, 1.807) is 13.2 Å². The van der Waals surface area contributed by atoms with Crippen molar-refractivity contribution in [1.29, 1.82) is 0 Å². The molecule has 2 atom stereocenters. The van der Waals surface area contributed by atoms with Crippen LogP contribution in [0.3, 0.4) is 0 Å². The van der Waals surface area contributed by atoms with Gasteiger partial charge in [0, 0.05) is 37.1 Å². The Kier molecular flexibility index (Phi) is 6.00. The summed E-state index contributed by atoms with van der Waals surface area (Å²) in [5.41, 5.74) is 0. The number of likely N-dealkylation sites (tertiary alicyclic amines) is 1. The Morgan fingerprint density at radius 1 is 1.35 bits per heavy atom. The Morgan fingerprint density at radius 3 is 2.92 bits per heavy atom. The number of carbonyl (C=O) groups excluding carboxylic acids is 1. The zero-order valence-electron chi connectivity index (χ0n) is 15.1. The van der Waals surface area contributed by atoms with Crippen molar-refractivity contribution in [2.24, 2.45) is 0 Å². The van der Waals surface area contributed by atoms with Gasteiger partial charge in [-0.2, -0.15) is 0 Å². The first-order valence-electron chi connectivity index (χ1n) is 8.52. The first kappa shape index (κ1) is 18.5. The smallest absolute Gasteiger partial charge is 0.223 e. The fraction of sp³-hybridized carbons (Fsp3) is 0.529. The number of amides is 1. The Bertz CT molecular complexity index is 754. The Morgan fingerprint density at radius 2 is 2.15 bits per heavy atom. The van der Waals surface area contributed by atoms with E-state index in [9.17, 15) is 4.79 Å². The third-order valence-electron chi connectivity index (χ3n) is 4.28. The molecule has 1 amide bonds. The summed E-state index contributed by atoms with van der Waals surface area (Å²) in [5, 5.41) is 3.36. The minimum Gasteiger partial charge on any atom is -0.481 e. The molecule has 26 heavy (non-hydrogen) atoms. The molecule has 1 aliphatic rings. The normalized spacial score (nSPS) is 20.6. The van der Waals surface area contributed by atoms with E-state index in [1.165, 1.54) is 24.6 Å². The summed E-state index contributed by atoms with van der Waals surface area (Å²) in [5.74, 6) is 0.916. The second kappa shape index (κ2) is 8.41. The van der Waals surface area contributed by atoms with Crippen LogP contribution < -0.4 is 14.8 Å². The highest BCUT2D eigenvalue weighted by Crippen LogP contribution is 2.26. The molecule has 0 bridgehead atoms. The van der Waals surface area contributed by atoms with Crippen LogP contribution in [0, 0.1) is 0 Å². The summed E-state index contributed by atoms with van der Waals surface area (Å²) in [6.07, 6.45) is 5.35. The number of rotatable bonds is 6. The number of hydrogen-bond donors (Lipinski definition) is 1. The predicted octanol–water partition coefficient (Wildman–Crippen LogP) is 2.33.